The molecule has 6 nitrogen and oxygen atoms in total. The van der Waals surface area contributed by atoms with Crippen LogP contribution >= 0.6 is 34.8 Å². The first-order valence-electron chi connectivity index (χ1n) is 11.9. The Balaban J connectivity index is 1.36. The zero-order valence-electron chi connectivity index (χ0n) is 20.1. The highest BCUT2D eigenvalue weighted by Gasteiger charge is 2.16. The molecular weight excluding hydrogens is 557 g/mol. The second kappa shape index (κ2) is 10.6. The topological polar surface area (TPSA) is 69.6 Å². The highest BCUT2D eigenvalue weighted by molar-refractivity contribution is 6.42. The Labute approximate surface area is 237 Å². The fourth-order valence-corrected chi connectivity index (χ4v) is 4.62. The van der Waals surface area contributed by atoms with E-state index in [2.05, 4.69) is 5.10 Å². The molecule has 2 aromatic heterocycles. The molecule has 6 aromatic rings. The van der Waals surface area contributed by atoms with Gasteiger partial charge in [-0.2, -0.15) is 9.78 Å². The molecular formula is C30H18Cl3N3O3. The first-order valence-corrected chi connectivity index (χ1v) is 13.0. The van der Waals surface area contributed by atoms with Crippen LogP contribution in [0.25, 0.3) is 33.5 Å². The molecule has 6 rings (SSSR count). The molecule has 0 amide bonds. The number of benzene rings is 4. The number of para-hydroxylation sites is 1. The molecule has 0 aliphatic heterocycles. The molecule has 9 heteroatoms. The van der Waals surface area contributed by atoms with Crippen LogP contribution < -0.4 is 10.3 Å². The number of aromatic nitrogens is 2. The van der Waals surface area contributed by atoms with Crippen LogP contribution in [0.15, 0.2) is 105 Å². The van der Waals surface area contributed by atoms with Gasteiger partial charge in [0.15, 0.2) is 5.76 Å². The molecule has 0 atom stereocenters. The van der Waals surface area contributed by atoms with Gasteiger partial charge in [0.2, 0.25) is 5.82 Å². The van der Waals surface area contributed by atoms with Gasteiger partial charge in [-0.1, -0.05) is 65.1 Å². The highest BCUT2D eigenvalue weighted by atomic mass is 35.5. The Kier molecular flexibility index (Phi) is 6.83. The Bertz CT molecular complexity index is 1950. The monoisotopic (exact) mass is 573 g/mol. The van der Waals surface area contributed by atoms with Crippen LogP contribution in [0, 0.1) is 0 Å². The van der Waals surface area contributed by atoms with E-state index < -0.39 is 0 Å². The van der Waals surface area contributed by atoms with Crippen LogP contribution in [0.1, 0.15) is 11.1 Å². The molecule has 39 heavy (non-hydrogen) atoms. The minimum absolute atomic E-state index is 0.272. The molecule has 0 spiro atoms. The predicted molar refractivity (Wildman–Crippen MR) is 156 cm³/mol. The van der Waals surface area contributed by atoms with Crippen molar-refractivity contribution >= 4 is 62.9 Å². The quantitative estimate of drug-likeness (QED) is 0.188. The maximum atomic E-state index is 13.5. The van der Waals surface area contributed by atoms with Gasteiger partial charge in [-0.15, -0.1) is 0 Å². The van der Waals surface area contributed by atoms with Gasteiger partial charge in [0.05, 0.1) is 27.2 Å². The lowest BCUT2D eigenvalue weighted by Gasteiger charge is -2.09. The third-order valence-corrected chi connectivity index (χ3v) is 7.00. The first-order chi connectivity index (χ1) is 18.9. The lowest BCUT2D eigenvalue weighted by molar-refractivity contribution is 0.306. The summed E-state index contributed by atoms with van der Waals surface area (Å²) in [6.45, 7) is 0.311. The minimum Gasteiger partial charge on any atom is -0.489 e. The number of halogens is 3. The van der Waals surface area contributed by atoms with Crippen LogP contribution in [0.3, 0.4) is 0 Å². The smallest absolute Gasteiger partial charge is 0.282 e. The molecule has 0 unspecified atom stereocenters. The third kappa shape index (κ3) is 5.27. The normalized spacial score (nSPS) is 11.6. The average molecular weight is 575 g/mol. The lowest BCUT2D eigenvalue weighted by atomic mass is 10.2. The van der Waals surface area contributed by atoms with Crippen molar-refractivity contribution in [3.8, 4) is 17.3 Å². The van der Waals surface area contributed by atoms with E-state index in [1.165, 1.54) is 4.68 Å². The van der Waals surface area contributed by atoms with Crippen LogP contribution in [-0.4, -0.2) is 15.9 Å². The van der Waals surface area contributed by atoms with Crippen LogP contribution in [0.2, 0.25) is 15.1 Å². The Morgan fingerprint density at radius 1 is 0.897 bits per heavy atom. The summed E-state index contributed by atoms with van der Waals surface area (Å²) in [6, 6.07) is 26.9. The Hall–Kier alpha value is -4.10. The van der Waals surface area contributed by atoms with Crippen LogP contribution in [0.4, 0.5) is 0 Å². The molecule has 0 bridgehead atoms. The molecule has 0 aliphatic carbocycles. The van der Waals surface area contributed by atoms with Crippen molar-refractivity contribution in [3.63, 3.8) is 0 Å². The van der Waals surface area contributed by atoms with Crippen molar-refractivity contribution in [1.29, 1.82) is 0 Å². The number of nitrogens with zero attached hydrogens (tertiary/aromatic N) is 3. The molecule has 0 radical (unpaired) electrons. The number of furan rings is 1. The zero-order chi connectivity index (χ0) is 26.9. The van der Waals surface area contributed by atoms with Crippen molar-refractivity contribution in [2.24, 2.45) is 5.10 Å². The minimum atomic E-state index is -0.322. The summed E-state index contributed by atoms with van der Waals surface area (Å²) in [4.78, 5) is 18.2. The molecule has 0 saturated heterocycles. The second-order valence-corrected chi connectivity index (χ2v) is 9.97. The maximum absolute atomic E-state index is 13.5. The zero-order valence-corrected chi connectivity index (χ0v) is 22.4. The molecule has 0 N–H and O–H groups in total. The summed E-state index contributed by atoms with van der Waals surface area (Å²) < 4.78 is 13.2. The SMILES string of the molecule is O=c1c2ccccc2nc(-c2cc3cc(Cl)ccc3o2)n1N=Cc1cccc(OCc2ccc(Cl)c(Cl)c2)c1. The number of rotatable bonds is 6. The van der Waals surface area contributed by atoms with Crippen LogP contribution in [-0.2, 0) is 6.61 Å². The third-order valence-electron chi connectivity index (χ3n) is 6.02. The average Bonchev–Trinajstić information content (AvgIpc) is 3.36. The number of hydrogen-bond acceptors (Lipinski definition) is 5. The van der Waals surface area contributed by atoms with Gasteiger partial charge in [0.25, 0.3) is 5.56 Å². The largest absolute Gasteiger partial charge is 0.489 e. The van der Waals surface area contributed by atoms with Crippen molar-refractivity contribution in [2.75, 3.05) is 0 Å². The van der Waals surface area contributed by atoms with E-state index in [1.807, 2.05) is 36.4 Å². The fraction of sp³-hybridized carbons (Fsp3) is 0.0333. The van der Waals surface area contributed by atoms with Gasteiger partial charge >= 0.3 is 0 Å². The van der Waals surface area contributed by atoms with E-state index in [0.717, 1.165) is 16.5 Å². The fourth-order valence-electron chi connectivity index (χ4n) is 4.12. The summed E-state index contributed by atoms with van der Waals surface area (Å²) >= 11 is 18.3. The standard InChI is InChI=1S/C30H18Cl3N3O3/c31-21-9-11-27-20(14-21)15-28(39-27)29-35-26-7-2-1-6-23(26)30(37)36(29)34-16-18-4-3-5-22(12-18)38-17-19-8-10-24(32)25(33)13-19/h1-16H,17H2. The summed E-state index contributed by atoms with van der Waals surface area (Å²) in [5.74, 6) is 1.30. The second-order valence-electron chi connectivity index (χ2n) is 8.72. The van der Waals surface area contributed by atoms with Crippen molar-refractivity contribution < 1.29 is 9.15 Å². The van der Waals surface area contributed by atoms with Gasteiger partial charge in [-0.25, -0.2) is 4.98 Å². The summed E-state index contributed by atoms with van der Waals surface area (Å²) in [7, 11) is 0. The number of ether oxygens (including phenoxy) is 1. The highest BCUT2D eigenvalue weighted by Crippen LogP contribution is 2.29. The molecule has 0 aliphatic rings. The molecule has 2 heterocycles. The molecule has 4 aromatic carbocycles. The van der Waals surface area contributed by atoms with Crippen molar-refractivity contribution in [2.45, 2.75) is 6.61 Å². The molecule has 0 fully saturated rings. The Morgan fingerprint density at radius 2 is 1.77 bits per heavy atom. The van der Waals surface area contributed by atoms with Gasteiger partial charge in [-0.05, 0) is 71.8 Å². The Morgan fingerprint density at radius 3 is 2.64 bits per heavy atom. The maximum Gasteiger partial charge on any atom is 0.282 e. The molecule has 192 valence electrons. The van der Waals surface area contributed by atoms with E-state index in [-0.39, 0.29) is 11.4 Å². The van der Waals surface area contributed by atoms with E-state index in [9.17, 15) is 4.79 Å². The van der Waals surface area contributed by atoms with Gasteiger partial charge in [0, 0.05) is 10.4 Å². The number of hydrogen-bond donors (Lipinski definition) is 0. The lowest BCUT2D eigenvalue weighted by Crippen LogP contribution is -2.20. The van der Waals surface area contributed by atoms with E-state index in [0.29, 0.717) is 49.7 Å². The van der Waals surface area contributed by atoms with Crippen molar-refractivity contribution in [3.05, 3.63) is 128 Å². The summed E-state index contributed by atoms with van der Waals surface area (Å²) in [6.07, 6.45) is 1.58. The predicted octanol–water partition coefficient (Wildman–Crippen LogP) is 8.23. The summed E-state index contributed by atoms with van der Waals surface area (Å²) in [5, 5.41) is 7.29. The van der Waals surface area contributed by atoms with Crippen LogP contribution in [0.5, 0.6) is 5.75 Å². The van der Waals surface area contributed by atoms with E-state index in [4.69, 9.17) is 48.9 Å². The van der Waals surface area contributed by atoms with Crippen molar-refractivity contribution in [1.82, 2.24) is 9.66 Å². The first kappa shape index (κ1) is 25.2. The van der Waals surface area contributed by atoms with Gasteiger partial charge < -0.3 is 9.15 Å². The number of fused-ring (bicyclic) bond motifs is 2. The molecule has 0 saturated carbocycles. The van der Waals surface area contributed by atoms with E-state index >= 15 is 0 Å². The summed E-state index contributed by atoms with van der Waals surface area (Å²) in [5.41, 5.74) is 2.45. The van der Waals surface area contributed by atoms with Gasteiger partial charge in [0.1, 0.15) is 17.9 Å². The van der Waals surface area contributed by atoms with E-state index in [1.54, 1.807) is 60.8 Å². The van der Waals surface area contributed by atoms with Gasteiger partial charge in [-0.3, -0.25) is 4.79 Å².